The van der Waals surface area contributed by atoms with E-state index in [2.05, 4.69) is 11.1 Å². The van der Waals surface area contributed by atoms with Gasteiger partial charge >= 0.3 is 5.97 Å². The standard InChI is InChI=1S/C22H18N2O2/c1-15-3-9-19(10-4-15)20-11-12-24-16(2)21(20)22(25)26-14-18-7-5-17(13-23)6-8-18/h3-12H,14H2,1-2H3. The van der Waals surface area contributed by atoms with Crippen molar-refractivity contribution in [2.24, 2.45) is 0 Å². The molecule has 0 aliphatic rings. The first-order chi connectivity index (χ1) is 12.6. The van der Waals surface area contributed by atoms with Gasteiger partial charge in [0.25, 0.3) is 0 Å². The molecule has 0 saturated heterocycles. The van der Waals surface area contributed by atoms with E-state index in [0.29, 0.717) is 16.8 Å². The van der Waals surface area contributed by atoms with Crippen molar-refractivity contribution in [3.05, 3.63) is 88.7 Å². The van der Waals surface area contributed by atoms with Crippen LogP contribution in [0.1, 0.15) is 32.7 Å². The molecule has 0 N–H and O–H groups in total. The lowest BCUT2D eigenvalue weighted by atomic mass is 9.98. The SMILES string of the molecule is Cc1ccc(-c2ccnc(C)c2C(=O)OCc2ccc(C#N)cc2)cc1. The van der Waals surface area contributed by atoms with Crippen molar-refractivity contribution in [2.45, 2.75) is 20.5 Å². The van der Waals surface area contributed by atoms with Crippen LogP contribution in [-0.2, 0) is 11.3 Å². The van der Waals surface area contributed by atoms with Crippen LogP contribution in [0.15, 0.2) is 60.8 Å². The lowest BCUT2D eigenvalue weighted by molar-refractivity contribution is 0.0472. The molecule has 0 amide bonds. The number of hydrogen-bond acceptors (Lipinski definition) is 4. The van der Waals surface area contributed by atoms with Gasteiger partial charge in [0.2, 0.25) is 0 Å². The van der Waals surface area contributed by atoms with Gasteiger partial charge < -0.3 is 4.74 Å². The molecule has 4 heteroatoms. The summed E-state index contributed by atoms with van der Waals surface area (Å²) in [5, 5.41) is 8.84. The van der Waals surface area contributed by atoms with Crippen molar-refractivity contribution < 1.29 is 9.53 Å². The molecule has 1 heterocycles. The molecule has 0 aliphatic heterocycles. The normalized spacial score (nSPS) is 10.2. The lowest BCUT2D eigenvalue weighted by Gasteiger charge is -2.12. The van der Waals surface area contributed by atoms with Crippen LogP contribution in [0.5, 0.6) is 0 Å². The fraction of sp³-hybridized carbons (Fsp3) is 0.136. The Kier molecular flexibility index (Phi) is 5.09. The summed E-state index contributed by atoms with van der Waals surface area (Å²) in [4.78, 5) is 17.0. The van der Waals surface area contributed by atoms with Gasteiger partial charge in [-0.3, -0.25) is 4.98 Å². The predicted molar refractivity (Wildman–Crippen MR) is 99.4 cm³/mol. The van der Waals surface area contributed by atoms with Crippen LogP contribution >= 0.6 is 0 Å². The van der Waals surface area contributed by atoms with E-state index < -0.39 is 5.97 Å². The Labute approximate surface area is 152 Å². The van der Waals surface area contributed by atoms with Crippen molar-refractivity contribution in [2.75, 3.05) is 0 Å². The largest absolute Gasteiger partial charge is 0.457 e. The number of benzene rings is 2. The molecule has 2 aromatic carbocycles. The first-order valence-corrected chi connectivity index (χ1v) is 8.27. The van der Waals surface area contributed by atoms with Crippen LogP contribution in [0.3, 0.4) is 0 Å². The van der Waals surface area contributed by atoms with Crippen LogP contribution in [0, 0.1) is 25.2 Å². The molecule has 0 atom stereocenters. The number of nitriles is 1. The summed E-state index contributed by atoms with van der Waals surface area (Å²) < 4.78 is 5.49. The molecular weight excluding hydrogens is 324 g/mol. The number of ether oxygens (including phenoxy) is 1. The van der Waals surface area contributed by atoms with Gasteiger partial charge in [-0.05, 0) is 48.7 Å². The number of nitrogens with zero attached hydrogens (tertiary/aromatic N) is 2. The van der Waals surface area contributed by atoms with Gasteiger partial charge in [-0.2, -0.15) is 5.26 Å². The van der Waals surface area contributed by atoms with Crippen molar-refractivity contribution in [3.63, 3.8) is 0 Å². The third-order valence-corrected chi connectivity index (χ3v) is 4.16. The molecule has 0 radical (unpaired) electrons. The van der Waals surface area contributed by atoms with Crippen LogP contribution in [0.2, 0.25) is 0 Å². The van der Waals surface area contributed by atoms with Crippen LogP contribution < -0.4 is 0 Å². The summed E-state index contributed by atoms with van der Waals surface area (Å²) in [6, 6.07) is 18.9. The van der Waals surface area contributed by atoms with Gasteiger partial charge in [-0.15, -0.1) is 0 Å². The highest BCUT2D eigenvalue weighted by Crippen LogP contribution is 2.26. The van der Waals surface area contributed by atoms with Gasteiger partial charge in [-0.1, -0.05) is 42.0 Å². The molecule has 0 saturated carbocycles. The molecule has 0 unspecified atom stereocenters. The van der Waals surface area contributed by atoms with Gasteiger partial charge in [0.1, 0.15) is 6.61 Å². The Morgan fingerprint density at radius 3 is 2.38 bits per heavy atom. The fourth-order valence-corrected chi connectivity index (χ4v) is 2.69. The second kappa shape index (κ2) is 7.62. The van der Waals surface area contributed by atoms with Gasteiger partial charge in [0.05, 0.1) is 22.9 Å². The number of hydrogen-bond donors (Lipinski definition) is 0. The van der Waals surface area contributed by atoms with Crippen molar-refractivity contribution in [1.29, 1.82) is 5.26 Å². The minimum atomic E-state index is -0.407. The van der Waals surface area contributed by atoms with E-state index in [-0.39, 0.29) is 6.61 Å². The number of aromatic nitrogens is 1. The highest BCUT2D eigenvalue weighted by atomic mass is 16.5. The molecule has 128 valence electrons. The van der Waals surface area contributed by atoms with Crippen LogP contribution in [-0.4, -0.2) is 11.0 Å². The number of carbonyl (C=O) groups is 1. The molecule has 3 rings (SSSR count). The van der Waals surface area contributed by atoms with Gasteiger partial charge in [0, 0.05) is 6.20 Å². The molecule has 0 bridgehead atoms. The van der Waals surface area contributed by atoms with E-state index in [1.165, 1.54) is 0 Å². The maximum absolute atomic E-state index is 12.7. The van der Waals surface area contributed by atoms with E-state index in [1.807, 2.05) is 37.3 Å². The quantitative estimate of drug-likeness (QED) is 0.650. The number of carbonyl (C=O) groups excluding carboxylic acids is 1. The Morgan fingerprint density at radius 1 is 1.04 bits per heavy atom. The van der Waals surface area contributed by atoms with E-state index >= 15 is 0 Å². The zero-order chi connectivity index (χ0) is 18.5. The molecule has 26 heavy (non-hydrogen) atoms. The maximum Gasteiger partial charge on any atom is 0.340 e. The van der Waals surface area contributed by atoms with E-state index in [1.54, 1.807) is 37.4 Å². The average molecular weight is 342 g/mol. The maximum atomic E-state index is 12.7. The second-order valence-electron chi connectivity index (χ2n) is 6.07. The Bertz CT molecular complexity index is 969. The number of aryl methyl sites for hydroxylation is 2. The molecule has 0 spiro atoms. The molecular formula is C22H18N2O2. The highest BCUT2D eigenvalue weighted by Gasteiger charge is 2.18. The van der Waals surface area contributed by atoms with Gasteiger partial charge in [-0.25, -0.2) is 4.79 Å². The lowest BCUT2D eigenvalue weighted by Crippen LogP contribution is -2.10. The fourth-order valence-electron chi connectivity index (χ4n) is 2.69. The predicted octanol–water partition coefficient (Wildman–Crippen LogP) is 4.59. The summed E-state index contributed by atoms with van der Waals surface area (Å²) in [5.41, 5.74) is 5.43. The molecule has 0 aliphatic carbocycles. The summed E-state index contributed by atoms with van der Waals surface area (Å²) in [6.07, 6.45) is 1.70. The highest BCUT2D eigenvalue weighted by molar-refractivity contribution is 5.98. The molecule has 4 nitrogen and oxygen atoms in total. The second-order valence-corrected chi connectivity index (χ2v) is 6.07. The zero-order valence-electron chi connectivity index (χ0n) is 14.7. The number of pyridine rings is 1. The summed E-state index contributed by atoms with van der Waals surface area (Å²) in [6.45, 7) is 3.97. The zero-order valence-corrected chi connectivity index (χ0v) is 14.7. The summed E-state index contributed by atoms with van der Waals surface area (Å²) in [5.74, 6) is -0.407. The summed E-state index contributed by atoms with van der Waals surface area (Å²) in [7, 11) is 0. The van der Waals surface area contributed by atoms with E-state index in [9.17, 15) is 4.79 Å². The minimum absolute atomic E-state index is 0.145. The Hall–Kier alpha value is -3.45. The molecule has 3 aromatic rings. The first-order valence-electron chi connectivity index (χ1n) is 8.27. The van der Waals surface area contributed by atoms with Gasteiger partial charge in [0.15, 0.2) is 0 Å². The van der Waals surface area contributed by atoms with E-state index in [0.717, 1.165) is 22.3 Å². The monoisotopic (exact) mass is 342 g/mol. The van der Waals surface area contributed by atoms with Crippen molar-refractivity contribution in [1.82, 2.24) is 4.98 Å². The van der Waals surface area contributed by atoms with Crippen molar-refractivity contribution >= 4 is 5.97 Å². The summed E-state index contributed by atoms with van der Waals surface area (Å²) >= 11 is 0. The van der Waals surface area contributed by atoms with Crippen molar-refractivity contribution in [3.8, 4) is 17.2 Å². The number of rotatable bonds is 4. The first kappa shape index (κ1) is 17.4. The smallest absolute Gasteiger partial charge is 0.340 e. The van der Waals surface area contributed by atoms with E-state index in [4.69, 9.17) is 10.00 Å². The van der Waals surface area contributed by atoms with Crippen LogP contribution in [0.25, 0.3) is 11.1 Å². The Morgan fingerprint density at radius 2 is 1.73 bits per heavy atom. The average Bonchev–Trinajstić information content (AvgIpc) is 2.67. The molecule has 0 fully saturated rings. The number of esters is 1. The third kappa shape index (κ3) is 3.79. The Balaban J connectivity index is 1.84. The third-order valence-electron chi connectivity index (χ3n) is 4.16. The van der Waals surface area contributed by atoms with Crippen LogP contribution in [0.4, 0.5) is 0 Å². The topological polar surface area (TPSA) is 63.0 Å². The minimum Gasteiger partial charge on any atom is -0.457 e. The molecule has 1 aromatic heterocycles.